The Morgan fingerprint density at radius 1 is 1.67 bits per heavy atom. The van der Waals surface area contributed by atoms with Gasteiger partial charge in [-0.3, -0.25) is 4.79 Å². The minimum absolute atomic E-state index is 0.191. The zero-order valence-electron chi connectivity index (χ0n) is 6.43. The topological polar surface area (TPSA) is 110 Å². The van der Waals surface area contributed by atoms with E-state index in [0.29, 0.717) is 0 Å². The number of hydrogen-bond donors (Lipinski definition) is 1. The minimum atomic E-state index is -4.97. The van der Waals surface area contributed by atoms with Crippen molar-refractivity contribution in [1.29, 1.82) is 0 Å². The Morgan fingerprint density at radius 3 is 2.50 bits per heavy atom. The number of aliphatic hydroxyl groups excluding tert-OH is 1. The van der Waals surface area contributed by atoms with Gasteiger partial charge in [-0.15, -0.1) is 0 Å². The molecule has 0 fully saturated rings. The van der Waals surface area contributed by atoms with Crippen LogP contribution in [-0.4, -0.2) is 23.6 Å². The van der Waals surface area contributed by atoms with Gasteiger partial charge in [-0.1, -0.05) is 0 Å². The van der Waals surface area contributed by atoms with Gasteiger partial charge in [-0.05, 0) is 6.92 Å². The number of rotatable bonds is 5. The van der Waals surface area contributed by atoms with Gasteiger partial charge in [-0.2, -0.15) is 0 Å². The van der Waals surface area contributed by atoms with Crippen LogP contribution in [0.3, 0.4) is 0 Å². The van der Waals surface area contributed by atoms with Crippen molar-refractivity contribution in [3.05, 3.63) is 0 Å². The summed E-state index contributed by atoms with van der Waals surface area (Å²) in [5.41, 5.74) is 0. The van der Waals surface area contributed by atoms with E-state index in [-0.39, 0.29) is 6.42 Å². The maximum atomic E-state index is 10.4. The first-order chi connectivity index (χ1) is 5.33. The number of hydrogen-bond acceptors (Lipinski definition) is 6. The molecule has 7 heteroatoms. The Bertz CT molecular complexity index is 196. The maximum Gasteiger partial charge on any atom is 0.158 e. The van der Waals surface area contributed by atoms with Gasteiger partial charge in [-0.25, -0.2) is 0 Å². The molecule has 0 saturated heterocycles. The fraction of sp³-hybridized carbons (Fsp3) is 0.800. The molecule has 0 rings (SSSR count). The molecule has 0 saturated carbocycles. The normalized spacial score (nSPS) is 14.3. The number of ketones is 1. The van der Waals surface area contributed by atoms with Crippen LogP contribution < -0.4 is 9.79 Å². The lowest BCUT2D eigenvalue weighted by molar-refractivity contribution is -0.341. The average Bonchev–Trinajstić information content (AvgIpc) is 1.84. The van der Waals surface area contributed by atoms with E-state index in [1.54, 1.807) is 0 Å². The second-order valence-corrected chi connectivity index (χ2v) is 3.35. The third-order valence-corrected chi connectivity index (χ3v) is 1.61. The van der Waals surface area contributed by atoms with Crippen LogP contribution in [0.5, 0.6) is 0 Å². The van der Waals surface area contributed by atoms with Crippen LogP contribution >= 0.6 is 7.82 Å². The number of carbonyl (C=O) groups excluding carboxylic acids is 1. The van der Waals surface area contributed by atoms with Gasteiger partial charge in [0.05, 0.1) is 14.4 Å². The molecule has 6 nitrogen and oxygen atoms in total. The second-order valence-electron chi connectivity index (χ2n) is 2.20. The highest BCUT2D eigenvalue weighted by Crippen LogP contribution is 2.24. The van der Waals surface area contributed by atoms with E-state index < -0.39 is 26.3 Å². The summed E-state index contributed by atoms with van der Waals surface area (Å²) in [4.78, 5) is 30.1. The van der Waals surface area contributed by atoms with Crippen LogP contribution in [0.15, 0.2) is 0 Å². The lowest BCUT2D eigenvalue weighted by Gasteiger charge is -2.28. The molecule has 0 aromatic heterocycles. The van der Waals surface area contributed by atoms with E-state index in [9.17, 15) is 19.1 Å². The van der Waals surface area contributed by atoms with Crippen LogP contribution in [-0.2, 0) is 13.9 Å². The fourth-order valence-electron chi connectivity index (χ4n) is 0.479. The largest absolute Gasteiger partial charge is 0.790 e. The molecular weight excluding hydrogens is 187 g/mol. The number of Topliss-reactive ketones (excluding diaryl/α,β-unsaturated/α-hetero) is 1. The van der Waals surface area contributed by atoms with Crippen LogP contribution in [0.1, 0.15) is 13.3 Å². The first-order valence-electron chi connectivity index (χ1n) is 3.18. The summed E-state index contributed by atoms with van der Waals surface area (Å²) in [6.45, 7) is 0.684. The molecule has 12 heavy (non-hydrogen) atoms. The summed E-state index contributed by atoms with van der Waals surface area (Å²) in [6.07, 6.45) is -1.46. The Kier molecular flexibility index (Phi) is 4.59. The van der Waals surface area contributed by atoms with Gasteiger partial charge in [0.25, 0.3) is 0 Å². The highest BCUT2D eigenvalue weighted by atomic mass is 31.2. The van der Waals surface area contributed by atoms with E-state index in [4.69, 9.17) is 5.11 Å². The first-order valence-corrected chi connectivity index (χ1v) is 4.64. The van der Waals surface area contributed by atoms with Crippen molar-refractivity contribution >= 4 is 13.6 Å². The van der Waals surface area contributed by atoms with Gasteiger partial charge in [0.2, 0.25) is 0 Å². The fourth-order valence-corrected chi connectivity index (χ4v) is 0.808. The lowest BCUT2D eigenvalue weighted by Crippen LogP contribution is -2.22. The molecule has 1 N–H and O–H groups in total. The highest BCUT2D eigenvalue weighted by Gasteiger charge is 2.08. The van der Waals surface area contributed by atoms with Gasteiger partial charge in [0.1, 0.15) is 6.10 Å². The third-order valence-electron chi connectivity index (χ3n) is 1.11. The summed E-state index contributed by atoms with van der Waals surface area (Å²) in [5.74, 6) is -0.495. The van der Waals surface area contributed by atoms with Crippen LogP contribution in [0, 0.1) is 0 Å². The van der Waals surface area contributed by atoms with E-state index in [1.807, 2.05) is 0 Å². The molecule has 0 aromatic carbocycles. The van der Waals surface area contributed by atoms with Crippen LogP contribution in [0.25, 0.3) is 0 Å². The maximum absolute atomic E-state index is 10.4. The average molecular weight is 196 g/mol. The molecule has 0 aliphatic heterocycles. The van der Waals surface area contributed by atoms with E-state index >= 15 is 0 Å². The molecule has 0 spiro atoms. The second kappa shape index (κ2) is 4.69. The molecule has 0 unspecified atom stereocenters. The van der Waals surface area contributed by atoms with Crippen LogP contribution in [0.4, 0.5) is 0 Å². The van der Waals surface area contributed by atoms with E-state index in [0.717, 1.165) is 6.92 Å². The zero-order valence-corrected chi connectivity index (χ0v) is 7.32. The Labute approximate surface area is 69.4 Å². The molecule has 0 radical (unpaired) electrons. The van der Waals surface area contributed by atoms with E-state index in [2.05, 4.69) is 4.52 Å². The van der Waals surface area contributed by atoms with Gasteiger partial charge in [0.15, 0.2) is 5.78 Å². The summed E-state index contributed by atoms with van der Waals surface area (Å²) in [7, 11) is -4.97. The van der Waals surface area contributed by atoms with Gasteiger partial charge >= 0.3 is 0 Å². The monoisotopic (exact) mass is 196 g/mol. The molecule has 1 atom stereocenters. The summed E-state index contributed by atoms with van der Waals surface area (Å²) >= 11 is 0. The van der Waals surface area contributed by atoms with Gasteiger partial charge in [0, 0.05) is 6.42 Å². The van der Waals surface area contributed by atoms with Crippen LogP contribution in [0.2, 0.25) is 0 Å². The number of carbonyl (C=O) groups is 1. The quantitative estimate of drug-likeness (QED) is 0.518. The van der Waals surface area contributed by atoms with Crippen molar-refractivity contribution in [2.75, 3.05) is 6.61 Å². The molecule has 0 aliphatic rings. The Hall–Kier alpha value is -0.260. The number of phosphoric acid groups is 1. The molecule has 0 aromatic rings. The summed E-state index contributed by atoms with van der Waals surface area (Å²) in [5, 5.41) is 8.80. The van der Waals surface area contributed by atoms with E-state index in [1.165, 1.54) is 0 Å². The smallest absolute Gasteiger partial charge is 0.158 e. The summed E-state index contributed by atoms with van der Waals surface area (Å²) < 4.78 is 13.6. The Balaban J connectivity index is 3.58. The molecule has 0 amide bonds. The summed E-state index contributed by atoms with van der Waals surface area (Å²) in [6, 6.07) is 0. The number of aliphatic hydroxyl groups is 1. The predicted octanol–water partition coefficient (Wildman–Crippen LogP) is -1.83. The molecule has 0 heterocycles. The predicted molar refractivity (Wildman–Crippen MR) is 34.9 cm³/mol. The van der Waals surface area contributed by atoms with Gasteiger partial charge < -0.3 is 24.0 Å². The molecule has 0 bridgehead atoms. The van der Waals surface area contributed by atoms with Crippen molar-refractivity contribution in [2.24, 2.45) is 0 Å². The van der Waals surface area contributed by atoms with Crippen molar-refractivity contribution in [2.45, 2.75) is 19.4 Å². The molecular formula is C5H9O6P-2. The lowest BCUT2D eigenvalue weighted by atomic mass is 10.2. The standard InChI is InChI=1S/C5H11O6P/c1-4(6)5(7)2-3-11-12(8,9)10/h5,7H,2-3H2,1H3,(H2,8,9,10)/p-2/t5-/m0/s1. The number of phosphoric ester groups is 1. The minimum Gasteiger partial charge on any atom is -0.790 e. The van der Waals surface area contributed by atoms with Crippen molar-refractivity contribution in [3.8, 4) is 0 Å². The molecule has 72 valence electrons. The van der Waals surface area contributed by atoms with Crippen molar-refractivity contribution in [1.82, 2.24) is 0 Å². The van der Waals surface area contributed by atoms with Crippen molar-refractivity contribution in [3.63, 3.8) is 0 Å². The third kappa shape index (κ3) is 6.45. The zero-order chi connectivity index (χ0) is 9.78. The Morgan fingerprint density at radius 2 is 2.17 bits per heavy atom. The molecule has 0 aliphatic carbocycles. The highest BCUT2D eigenvalue weighted by molar-refractivity contribution is 7.43. The SMILES string of the molecule is CC(=O)[C@@H](O)CCOP(=O)([O-])[O-]. The first kappa shape index (κ1) is 11.7. The van der Waals surface area contributed by atoms with Crippen molar-refractivity contribution < 1.29 is 28.8 Å².